The van der Waals surface area contributed by atoms with E-state index in [0.29, 0.717) is 0 Å². The van der Waals surface area contributed by atoms with Crippen LogP contribution < -0.4 is 0 Å². The molecule has 0 aliphatic rings. The Morgan fingerprint density at radius 1 is 2.00 bits per heavy atom. The Morgan fingerprint density at radius 3 is 2.60 bits per heavy atom. The summed E-state index contributed by atoms with van der Waals surface area (Å²) in [4.78, 5) is 0. The molecule has 0 saturated carbocycles. The SMILES string of the molecule is CSOBF. The molecule has 0 atom stereocenters. The highest BCUT2D eigenvalue weighted by Crippen LogP contribution is 1.89. The second-order valence-corrected chi connectivity index (χ2v) is 0.963. The molecule has 0 aliphatic heterocycles. The van der Waals surface area contributed by atoms with Crippen LogP contribution in [0, 0.1) is 0 Å². The standard InChI is InChI=1S/CH4BFOS/c1-5-4-2-3/h2H,1H3. The van der Waals surface area contributed by atoms with Gasteiger partial charge in [0.1, 0.15) is 0 Å². The van der Waals surface area contributed by atoms with Crippen molar-refractivity contribution in [1.29, 1.82) is 0 Å². The highest BCUT2D eigenvalue weighted by Gasteiger charge is 1.76. The van der Waals surface area contributed by atoms with Gasteiger partial charge in [-0.2, -0.15) is 0 Å². The number of hydrogen-bond donors (Lipinski definition) is 0. The van der Waals surface area contributed by atoms with Gasteiger partial charge in [0.25, 0.3) is 0 Å². The molecule has 0 fully saturated rings. The third-order valence-electron chi connectivity index (χ3n) is 0.162. The predicted molar refractivity (Wildman–Crippen MR) is 22.9 cm³/mol. The van der Waals surface area contributed by atoms with Crippen LogP contribution in [0.5, 0.6) is 0 Å². The summed E-state index contributed by atoms with van der Waals surface area (Å²) in [5.74, 6) is 0. The molecule has 0 rings (SSSR count). The van der Waals surface area contributed by atoms with Gasteiger partial charge in [0, 0.05) is 6.26 Å². The van der Waals surface area contributed by atoms with Crippen LogP contribution in [0.25, 0.3) is 0 Å². The maximum Gasteiger partial charge on any atom is 0.493 e. The van der Waals surface area contributed by atoms with Crippen molar-refractivity contribution < 1.29 is 8.42 Å². The van der Waals surface area contributed by atoms with E-state index in [1.54, 1.807) is 6.26 Å². The summed E-state index contributed by atoms with van der Waals surface area (Å²) in [6.45, 7) is 0. The van der Waals surface area contributed by atoms with Gasteiger partial charge < -0.3 is 4.10 Å². The van der Waals surface area contributed by atoms with Crippen LogP contribution in [0.1, 0.15) is 0 Å². The lowest BCUT2D eigenvalue weighted by Crippen LogP contribution is -1.75. The first-order chi connectivity index (χ1) is 2.41. The third-order valence-corrected chi connectivity index (χ3v) is 0.487. The molecule has 4 heteroatoms. The lowest BCUT2D eigenvalue weighted by molar-refractivity contribution is 0.613. The molecule has 0 spiro atoms. The van der Waals surface area contributed by atoms with E-state index in [9.17, 15) is 4.32 Å². The first-order valence-electron chi connectivity index (χ1n) is 1.13. The summed E-state index contributed by atoms with van der Waals surface area (Å²) < 4.78 is 14.8. The lowest BCUT2D eigenvalue weighted by atomic mass is 10.5. The Morgan fingerprint density at radius 2 is 2.60 bits per heavy atom. The number of halogens is 1. The zero-order valence-electron chi connectivity index (χ0n) is 2.90. The highest BCUT2D eigenvalue weighted by atomic mass is 32.2. The van der Waals surface area contributed by atoms with Gasteiger partial charge in [0.05, 0.1) is 0 Å². The monoisotopic (exact) mass is 94.0 g/mol. The molecular weight excluding hydrogens is 89.9 g/mol. The Labute approximate surface area is 35.4 Å². The average Bonchev–Trinajstić information content (AvgIpc) is 1.41. The van der Waals surface area contributed by atoms with Crippen molar-refractivity contribution in [2.75, 3.05) is 6.26 Å². The average molecular weight is 93.9 g/mol. The smallest absolute Gasteiger partial charge is 0.343 e. The third kappa shape index (κ3) is 4.30. The molecular formula is CH4BFOS. The van der Waals surface area contributed by atoms with Crippen molar-refractivity contribution in [2.24, 2.45) is 0 Å². The van der Waals surface area contributed by atoms with E-state index in [1.165, 1.54) is 0 Å². The van der Waals surface area contributed by atoms with Crippen molar-refractivity contribution in [3.8, 4) is 0 Å². The predicted octanol–water partition coefficient (Wildman–Crippen LogP) is 0.517. The van der Waals surface area contributed by atoms with Gasteiger partial charge in [-0.05, 0) is 12.0 Å². The fourth-order valence-electron chi connectivity index (χ4n) is 0.0445. The summed E-state index contributed by atoms with van der Waals surface area (Å²) in [6, 6.07) is 0. The molecule has 0 amide bonds. The van der Waals surface area contributed by atoms with E-state index in [0.717, 1.165) is 12.0 Å². The van der Waals surface area contributed by atoms with Crippen LogP contribution in [-0.4, -0.2) is 14.0 Å². The summed E-state index contributed by atoms with van der Waals surface area (Å²) in [5, 5.41) is 0. The summed E-state index contributed by atoms with van der Waals surface area (Å²) >= 11 is 1.03. The molecule has 0 heterocycles. The Bertz CT molecular complexity index is 19.1. The molecule has 0 bridgehead atoms. The van der Waals surface area contributed by atoms with E-state index in [4.69, 9.17) is 0 Å². The molecule has 0 aliphatic carbocycles. The zero-order valence-corrected chi connectivity index (χ0v) is 3.72. The van der Waals surface area contributed by atoms with Crippen molar-refractivity contribution in [3.05, 3.63) is 0 Å². The van der Waals surface area contributed by atoms with E-state index >= 15 is 0 Å². The summed E-state index contributed by atoms with van der Waals surface area (Å²) in [6.07, 6.45) is 1.67. The Balaban J connectivity index is 2.19. The molecule has 30 valence electrons. The zero-order chi connectivity index (χ0) is 4.12. The minimum absolute atomic E-state index is 0.693. The van der Waals surface area contributed by atoms with Gasteiger partial charge in [-0.25, -0.2) is 0 Å². The van der Waals surface area contributed by atoms with Crippen LogP contribution in [0.4, 0.5) is 4.32 Å². The summed E-state index contributed by atoms with van der Waals surface area (Å²) in [7, 11) is -0.693. The minimum Gasteiger partial charge on any atom is -0.343 e. The number of hydrogen-bond acceptors (Lipinski definition) is 2. The summed E-state index contributed by atoms with van der Waals surface area (Å²) in [5.41, 5.74) is 0. The van der Waals surface area contributed by atoms with E-state index in [-0.39, 0.29) is 0 Å². The second-order valence-electron chi connectivity index (χ2n) is 0.394. The largest absolute Gasteiger partial charge is 0.493 e. The molecule has 0 radical (unpaired) electrons. The maximum atomic E-state index is 10.8. The van der Waals surface area contributed by atoms with Gasteiger partial charge in [0.15, 0.2) is 0 Å². The van der Waals surface area contributed by atoms with Crippen LogP contribution >= 0.6 is 12.0 Å². The molecule has 0 unspecified atom stereocenters. The van der Waals surface area contributed by atoms with Gasteiger partial charge in [0.2, 0.25) is 0 Å². The van der Waals surface area contributed by atoms with E-state index < -0.39 is 7.76 Å². The quantitative estimate of drug-likeness (QED) is 0.364. The van der Waals surface area contributed by atoms with Crippen molar-refractivity contribution >= 4 is 19.8 Å². The van der Waals surface area contributed by atoms with Gasteiger partial charge in [-0.15, -0.1) is 0 Å². The van der Waals surface area contributed by atoms with Crippen LogP contribution in [0.15, 0.2) is 0 Å². The molecule has 1 nitrogen and oxygen atoms in total. The van der Waals surface area contributed by atoms with Crippen LogP contribution in [-0.2, 0) is 4.10 Å². The Kier molecular flexibility index (Phi) is 4.57. The highest BCUT2D eigenvalue weighted by molar-refractivity contribution is 7.94. The Hall–Kier alpha value is 0.305. The van der Waals surface area contributed by atoms with Crippen molar-refractivity contribution in [1.82, 2.24) is 0 Å². The number of rotatable bonds is 2. The first kappa shape index (κ1) is 5.30. The van der Waals surface area contributed by atoms with Crippen molar-refractivity contribution in [2.45, 2.75) is 0 Å². The van der Waals surface area contributed by atoms with Crippen LogP contribution in [0.2, 0.25) is 0 Å². The van der Waals surface area contributed by atoms with Gasteiger partial charge in [-0.3, -0.25) is 4.32 Å². The fraction of sp³-hybridized carbons (Fsp3) is 1.00. The molecule has 0 aromatic heterocycles. The molecule has 5 heavy (non-hydrogen) atoms. The normalized spacial score (nSPS) is 7.60. The topological polar surface area (TPSA) is 9.23 Å². The van der Waals surface area contributed by atoms with Crippen molar-refractivity contribution in [3.63, 3.8) is 0 Å². The van der Waals surface area contributed by atoms with Gasteiger partial charge >= 0.3 is 7.76 Å². The first-order valence-corrected chi connectivity index (χ1v) is 2.28. The van der Waals surface area contributed by atoms with Gasteiger partial charge in [-0.1, -0.05) is 0 Å². The molecule has 0 aromatic rings. The second kappa shape index (κ2) is 4.30. The maximum absolute atomic E-state index is 10.8. The van der Waals surface area contributed by atoms with E-state index in [2.05, 4.69) is 4.10 Å². The lowest BCUT2D eigenvalue weighted by Gasteiger charge is -1.79. The molecule has 0 aromatic carbocycles. The van der Waals surface area contributed by atoms with Crippen LogP contribution in [0.3, 0.4) is 0 Å². The molecule has 0 saturated heterocycles. The molecule has 0 N–H and O–H groups in total. The van der Waals surface area contributed by atoms with E-state index in [1.807, 2.05) is 0 Å². The fourth-order valence-corrected chi connectivity index (χ4v) is 0.134. The minimum atomic E-state index is -0.693.